The highest BCUT2D eigenvalue weighted by atomic mass is 127. The molecule has 3 aromatic carbocycles. The van der Waals surface area contributed by atoms with Crippen molar-refractivity contribution in [2.24, 2.45) is 5.10 Å². The van der Waals surface area contributed by atoms with Crippen LogP contribution in [-0.4, -0.2) is 24.2 Å². The van der Waals surface area contributed by atoms with Crippen LogP contribution in [0.5, 0.6) is 11.5 Å². The zero-order valence-corrected chi connectivity index (χ0v) is 20.9. The van der Waals surface area contributed by atoms with E-state index in [4.69, 9.17) is 13.9 Å². The molecule has 9 nitrogen and oxygen atoms in total. The number of nitrogens with one attached hydrogen (secondary N) is 1. The fourth-order valence-corrected chi connectivity index (χ4v) is 4.05. The maximum atomic E-state index is 12.4. The Morgan fingerprint density at radius 3 is 2.66 bits per heavy atom. The van der Waals surface area contributed by atoms with E-state index in [1.807, 2.05) is 37.3 Å². The van der Waals surface area contributed by atoms with Crippen LogP contribution in [0.2, 0.25) is 0 Å². The molecule has 0 atom stereocenters. The van der Waals surface area contributed by atoms with Crippen LogP contribution < -0.4 is 14.9 Å². The number of carbonyl (C=O) groups is 1. The van der Waals surface area contributed by atoms with E-state index in [0.29, 0.717) is 34.6 Å². The van der Waals surface area contributed by atoms with Crippen molar-refractivity contribution in [2.45, 2.75) is 13.5 Å². The summed E-state index contributed by atoms with van der Waals surface area (Å²) in [7, 11) is 1.55. The van der Waals surface area contributed by atoms with Gasteiger partial charge in [-0.2, -0.15) is 5.10 Å². The standard InChI is InChI=1S/C25H20IN3O6/c1-15-3-5-16(6-4-15)14-34-24-20(26)9-17(10-22(24)33-2)13-27-28-25(30)23-12-18-11-19(29(31)32)7-8-21(18)35-23/h3-13H,14H2,1-2H3,(H,28,30)/b27-13-. The lowest BCUT2D eigenvalue weighted by Gasteiger charge is -2.13. The molecule has 0 spiro atoms. The summed E-state index contributed by atoms with van der Waals surface area (Å²) in [4.78, 5) is 22.8. The van der Waals surface area contributed by atoms with Gasteiger partial charge in [-0.3, -0.25) is 14.9 Å². The molecule has 0 aliphatic carbocycles. The van der Waals surface area contributed by atoms with Crippen LogP contribution in [0.3, 0.4) is 0 Å². The predicted octanol–water partition coefficient (Wildman–Crippen LogP) is 5.61. The van der Waals surface area contributed by atoms with Crippen molar-refractivity contribution >= 4 is 51.4 Å². The van der Waals surface area contributed by atoms with Crippen molar-refractivity contribution in [1.82, 2.24) is 5.43 Å². The predicted molar refractivity (Wildman–Crippen MR) is 139 cm³/mol. The van der Waals surface area contributed by atoms with Gasteiger partial charge in [0.1, 0.15) is 12.2 Å². The van der Waals surface area contributed by atoms with E-state index in [2.05, 4.69) is 33.1 Å². The van der Waals surface area contributed by atoms with Crippen LogP contribution in [0.25, 0.3) is 11.0 Å². The van der Waals surface area contributed by atoms with Crippen LogP contribution in [0.15, 0.2) is 70.2 Å². The second-order valence-electron chi connectivity index (χ2n) is 7.60. The molecule has 10 heteroatoms. The van der Waals surface area contributed by atoms with E-state index in [-0.39, 0.29) is 11.4 Å². The number of amides is 1. The third-order valence-electron chi connectivity index (χ3n) is 5.07. The van der Waals surface area contributed by atoms with E-state index < -0.39 is 10.8 Å². The molecule has 1 amide bonds. The number of furan rings is 1. The number of hydrogen-bond donors (Lipinski definition) is 1. The van der Waals surface area contributed by atoms with Gasteiger partial charge in [0.15, 0.2) is 17.3 Å². The molecule has 178 valence electrons. The molecule has 0 saturated heterocycles. The Bertz CT molecular complexity index is 1430. The molecular formula is C25H20IN3O6. The summed E-state index contributed by atoms with van der Waals surface area (Å²) in [5.74, 6) is 0.561. The first-order valence-electron chi connectivity index (χ1n) is 10.4. The minimum atomic E-state index is -0.584. The SMILES string of the molecule is COc1cc(/C=N\NC(=O)c2cc3cc([N+](=O)[O-])ccc3o2)cc(I)c1OCc1ccc(C)cc1. The van der Waals surface area contributed by atoms with Crippen LogP contribution in [0, 0.1) is 20.6 Å². The summed E-state index contributed by atoms with van der Waals surface area (Å²) in [6.45, 7) is 2.43. The largest absolute Gasteiger partial charge is 0.493 e. The Kier molecular flexibility index (Phi) is 7.30. The van der Waals surface area contributed by atoms with Gasteiger partial charge >= 0.3 is 5.91 Å². The van der Waals surface area contributed by atoms with Crippen LogP contribution in [0.1, 0.15) is 27.2 Å². The van der Waals surface area contributed by atoms with Gasteiger partial charge in [-0.25, -0.2) is 5.43 Å². The number of nitrogens with zero attached hydrogens (tertiary/aromatic N) is 2. The summed E-state index contributed by atoms with van der Waals surface area (Å²) in [6.07, 6.45) is 1.47. The van der Waals surface area contributed by atoms with Crippen molar-refractivity contribution in [3.05, 3.63) is 96.8 Å². The molecule has 4 aromatic rings. The van der Waals surface area contributed by atoms with Gasteiger partial charge < -0.3 is 13.9 Å². The third kappa shape index (κ3) is 5.77. The number of aryl methyl sites for hydroxylation is 1. The lowest BCUT2D eigenvalue weighted by Crippen LogP contribution is -2.16. The first-order valence-corrected chi connectivity index (χ1v) is 11.5. The van der Waals surface area contributed by atoms with Gasteiger partial charge in [0.25, 0.3) is 5.69 Å². The first-order chi connectivity index (χ1) is 16.8. The summed E-state index contributed by atoms with van der Waals surface area (Å²) < 4.78 is 17.8. The lowest BCUT2D eigenvalue weighted by molar-refractivity contribution is -0.384. The molecule has 35 heavy (non-hydrogen) atoms. The van der Waals surface area contributed by atoms with E-state index >= 15 is 0 Å². The fraction of sp³-hybridized carbons (Fsp3) is 0.120. The van der Waals surface area contributed by atoms with E-state index in [1.54, 1.807) is 13.2 Å². The number of hydrazone groups is 1. The number of hydrogen-bond acceptors (Lipinski definition) is 7. The summed E-state index contributed by atoms with van der Waals surface area (Å²) in [6, 6.07) is 17.2. The molecule has 4 rings (SSSR count). The number of non-ortho nitro benzene ring substituents is 1. The Morgan fingerprint density at radius 1 is 1.17 bits per heavy atom. The van der Waals surface area contributed by atoms with Crippen molar-refractivity contribution < 1.29 is 23.6 Å². The molecule has 1 N–H and O–H groups in total. The zero-order valence-electron chi connectivity index (χ0n) is 18.8. The monoisotopic (exact) mass is 585 g/mol. The number of benzene rings is 3. The summed E-state index contributed by atoms with van der Waals surface area (Å²) >= 11 is 2.16. The van der Waals surface area contributed by atoms with Crippen LogP contribution in [0.4, 0.5) is 5.69 Å². The van der Waals surface area contributed by atoms with Crippen molar-refractivity contribution in [3.8, 4) is 11.5 Å². The smallest absolute Gasteiger partial charge is 0.307 e. The molecule has 0 saturated carbocycles. The van der Waals surface area contributed by atoms with E-state index in [0.717, 1.165) is 9.13 Å². The Labute approximate surface area is 214 Å². The third-order valence-corrected chi connectivity index (χ3v) is 5.87. The lowest BCUT2D eigenvalue weighted by atomic mass is 10.2. The molecule has 0 aliphatic rings. The topological polar surface area (TPSA) is 116 Å². The zero-order chi connectivity index (χ0) is 24.9. The normalized spacial score (nSPS) is 11.1. The van der Waals surface area contributed by atoms with Gasteiger partial charge in [-0.15, -0.1) is 0 Å². The maximum Gasteiger partial charge on any atom is 0.307 e. The number of rotatable bonds is 8. The van der Waals surface area contributed by atoms with Crippen molar-refractivity contribution in [3.63, 3.8) is 0 Å². The van der Waals surface area contributed by atoms with Crippen LogP contribution >= 0.6 is 22.6 Å². The number of nitro groups is 1. The molecule has 0 bridgehead atoms. The highest BCUT2D eigenvalue weighted by Gasteiger charge is 2.15. The maximum absolute atomic E-state index is 12.4. The molecule has 0 fully saturated rings. The summed E-state index contributed by atoms with van der Waals surface area (Å²) in [5.41, 5.74) is 5.59. The number of nitro benzene ring substituents is 1. The highest BCUT2D eigenvalue weighted by molar-refractivity contribution is 14.1. The molecular weight excluding hydrogens is 565 g/mol. The number of halogens is 1. The number of carbonyl (C=O) groups excluding carboxylic acids is 1. The van der Waals surface area contributed by atoms with Gasteiger partial charge in [0, 0.05) is 17.5 Å². The van der Waals surface area contributed by atoms with Crippen LogP contribution in [-0.2, 0) is 6.61 Å². The van der Waals surface area contributed by atoms with Gasteiger partial charge in [-0.05, 0) is 64.9 Å². The number of ether oxygens (including phenoxy) is 2. The molecule has 1 heterocycles. The Balaban J connectivity index is 1.44. The average molecular weight is 585 g/mol. The van der Waals surface area contributed by atoms with Gasteiger partial charge in [-0.1, -0.05) is 29.8 Å². The Morgan fingerprint density at radius 2 is 1.94 bits per heavy atom. The second kappa shape index (κ2) is 10.6. The number of methoxy groups -OCH3 is 1. The molecule has 0 unspecified atom stereocenters. The minimum Gasteiger partial charge on any atom is -0.493 e. The summed E-state index contributed by atoms with van der Waals surface area (Å²) in [5, 5.41) is 15.4. The molecule has 1 aromatic heterocycles. The van der Waals surface area contributed by atoms with Crippen molar-refractivity contribution in [2.75, 3.05) is 7.11 Å². The van der Waals surface area contributed by atoms with Gasteiger partial charge in [0.05, 0.1) is 21.8 Å². The molecule has 0 aliphatic heterocycles. The number of fused-ring (bicyclic) bond motifs is 1. The van der Waals surface area contributed by atoms with Gasteiger partial charge in [0.2, 0.25) is 0 Å². The minimum absolute atomic E-state index is 0.00957. The quantitative estimate of drug-likeness (QED) is 0.125. The molecule has 0 radical (unpaired) electrons. The second-order valence-corrected chi connectivity index (χ2v) is 8.76. The van der Waals surface area contributed by atoms with E-state index in [1.165, 1.54) is 36.0 Å². The fourth-order valence-electron chi connectivity index (χ4n) is 3.27. The van der Waals surface area contributed by atoms with Crippen molar-refractivity contribution in [1.29, 1.82) is 0 Å². The first kappa shape index (κ1) is 24.2. The highest BCUT2D eigenvalue weighted by Crippen LogP contribution is 2.34. The average Bonchev–Trinajstić information content (AvgIpc) is 3.27. The van der Waals surface area contributed by atoms with E-state index in [9.17, 15) is 14.9 Å². The Hall–Kier alpha value is -3.93.